The summed E-state index contributed by atoms with van der Waals surface area (Å²) in [5.74, 6) is 0.984. The van der Waals surface area contributed by atoms with Crippen molar-refractivity contribution in [3.05, 3.63) is 47.8 Å². The van der Waals surface area contributed by atoms with E-state index in [1.54, 1.807) is 7.11 Å². The zero-order valence-electron chi connectivity index (χ0n) is 15.7. The molecule has 3 rings (SSSR count). The minimum absolute atomic E-state index is 0.0325. The SMILES string of the molecule is CCn1cc([C@@H]2NC(=O)CC[C@H]2N[C@H](C)Cc2ccc(OC)cc2)cn1. The molecule has 0 spiro atoms. The van der Waals surface area contributed by atoms with Crippen LogP contribution in [0.15, 0.2) is 36.7 Å². The Hall–Kier alpha value is -2.34. The number of ether oxygens (including phenoxy) is 1. The van der Waals surface area contributed by atoms with Gasteiger partial charge in [0.05, 0.1) is 19.3 Å². The lowest BCUT2D eigenvalue weighted by Crippen LogP contribution is -2.51. The van der Waals surface area contributed by atoms with E-state index in [0.29, 0.717) is 12.5 Å². The van der Waals surface area contributed by atoms with Crippen molar-refractivity contribution >= 4 is 5.91 Å². The van der Waals surface area contributed by atoms with E-state index in [2.05, 4.69) is 41.7 Å². The lowest BCUT2D eigenvalue weighted by molar-refractivity contribution is -0.124. The van der Waals surface area contributed by atoms with Crippen LogP contribution in [0, 0.1) is 0 Å². The molecular formula is C20H28N4O2. The van der Waals surface area contributed by atoms with Gasteiger partial charge in [0.1, 0.15) is 5.75 Å². The van der Waals surface area contributed by atoms with Crippen molar-refractivity contribution in [2.45, 2.75) is 57.8 Å². The Balaban J connectivity index is 1.65. The van der Waals surface area contributed by atoms with Gasteiger partial charge in [0.15, 0.2) is 0 Å². The van der Waals surface area contributed by atoms with Crippen LogP contribution in [-0.4, -0.2) is 34.9 Å². The van der Waals surface area contributed by atoms with Crippen LogP contribution in [0.3, 0.4) is 0 Å². The Bertz CT molecular complexity index is 726. The van der Waals surface area contributed by atoms with Crippen molar-refractivity contribution in [1.82, 2.24) is 20.4 Å². The molecule has 1 aromatic heterocycles. The standard InChI is InChI=1S/C20H28N4O2/c1-4-24-13-16(12-21-24)20-18(9-10-19(25)23-20)22-14(2)11-15-5-7-17(26-3)8-6-15/h5-8,12-14,18,20,22H,4,9-11H2,1-3H3,(H,23,25)/t14-,18-,20+/m1/s1. The number of amides is 1. The van der Waals surface area contributed by atoms with E-state index >= 15 is 0 Å². The molecule has 1 saturated heterocycles. The summed E-state index contributed by atoms with van der Waals surface area (Å²) in [6.07, 6.45) is 6.21. The molecule has 2 N–H and O–H groups in total. The molecule has 140 valence electrons. The summed E-state index contributed by atoms with van der Waals surface area (Å²) in [5, 5.41) is 11.2. The van der Waals surface area contributed by atoms with E-state index < -0.39 is 0 Å². The van der Waals surface area contributed by atoms with Gasteiger partial charge in [-0.05, 0) is 44.4 Å². The topological polar surface area (TPSA) is 68.2 Å². The van der Waals surface area contributed by atoms with E-state index in [0.717, 1.165) is 30.7 Å². The third-order valence-electron chi connectivity index (χ3n) is 4.94. The number of aromatic nitrogens is 2. The first-order valence-electron chi connectivity index (χ1n) is 9.29. The van der Waals surface area contributed by atoms with E-state index in [9.17, 15) is 4.79 Å². The van der Waals surface area contributed by atoms with Gasteiger partial charge in [0.2, 0.25) is 5.91 Å². The van der Waals surface area contributed by atoms with E-state index in [1.165, 1.54) is 5.56 Å². The van der Waals surface area contributed by atoms with Gasteiger partial charge < -0.3 is 15.4 Å². The molecule has 0 unspecified atom stereocenters. The number of aryl methyl sites for hydroxylation is 1. The molecule has 3 atom stereocenters. The summed E-state index contributed by atoms with van der Waals surface area (Å²) in [4.78, 5) is 11.9. The second-order valence-electron chi connectivity index (χ2n) is 6.94. The first-order chi connectivity index (χ1) is 12.6. The molecule has 0 bridgehead atoms. The summed E-state index contributed by atoms with van der Waals surface area (Å²) >= 11 is 0. The van der Waals surface area contributed by atoms with Crippen LogP contribution in [0.1, 0.15) is 43.9 Å². The van der Waals surface area contributed by atoms with Gasteiger partial charge in [-0.1, -0.05) is 12.1 Å². The number of benzene rings is 1. The highest BCUT2D eigenvalue weighted by Gasteiger charge is 2.31. The molecule has 1 aromatic carbocycles. The highest BCUT2D eigenvalue weighted by molar-refractivity contribution is 5.77. The quantitative estimate of drug-likeness (QED) is 0.800. The van der Waals surface area contributed by atoms with E-state index in [1.807, 2.05) is 29.2 Å². The van der Waals surface area contributed by atoms with Crippen molar-refractivity contribution in [1.29, 1.82) is 0 Å². The molecule has 1 aliphatic heterocycles. The van der Waals surface area contributed by atoms with Crippen LogP contribution in [0.5, 0.6) is 5.75 Å². The second-order valence-corrected chi connectivity index (χ2v) is 6.94. The molecule has 26 heavy (non-hydrogen) atoms. The van der Waals surface area contributed by atoms with Gasteiger partial charge in [0, 0.05) is 36.8 Å². The summed E-state index contributed by atoms with van der Waals surface area (Å²) in [7, 11) is 1.68. The Morgan fingerprint density at radius 1 is 1.38 bits per heavy atom. The fourth-order valence-corrected chi connectivity index (χ4v) is 3.55. The molecule has 0 radical (unpaired) electrons. The van der Waals surface area contributed by atoms with Gasteiger partial charge in [-0.25, -0.2) is 0 Å². The lowest BCUT2D eigenvalue weighted by atomic mass is 9.92. The first-order valence-corrected chi connectivity index (χ1v) is 9.29. The van der Waals surface area contributed by atoms with Crippen molar-refractivity contribution < 1.29 is 9.53 Å². The number of piperidine rings is 1. The molecule has 0 saturated carbocycles. The number of nitrogens with zero attached hydrogens (tertiary/aromatic N) is 2. The number of carbonyl (C=O) groups is 1. The summed E-state index contributed by atoms with van der Waals surface area (Å²) in [6.45, 7) is 5.07. The lowest BCUT2D eigenvalue weighted by Gasteiger charge is -2.34. The molecule has 1 amide bonds. The second kappa shape index (κ2) is 8.36. The molecule has 0 aliphatic carbocycles. The highest BCUT2D eigenvalue weighted by Crippen LogP contribution is 2.25. The number of methoxy groups -OCH3 is 1. The molecule has 2 aromatic rings. The third-order valence-corrected chi connectivity index (χ3v) is 4.94. The van der Waals surface area contributed by atoms with E-state index in [-0.39, 0.29) is 18.0 Å². The van der Waals surface area contributed by atoms with Gasteiger partial charge in [-0.3, -0.25) is 9.48 Å². The molecule has 6 heteroatoms. The molecule has 2 heterocycles. The zero-order valence-corrected chi connectivity index (χ0v) is 15.7. The predicted octanol–water partition coefficient (Wildman–Crippen LogP) is 2.45. The number of nitrogens with one attached hydrogen (secondary N) is 2. The summed E-state index contributed by atoms with van der Waals surface area (Å²) in [5.41, 5.74) is 2.33. The van der Waals surface area contributed by atoms with Crippen molar-refractivity contribution in [2.24, 2.45) is 0 Å². The van der Waals surface area contributed by atoms with Gasteiger partial charge >= 0.3 is 0 Å². The maximum absolute atomic E-state index is 11.9. The van der Waals surface area contributed by atoms with Gasteiger partial charge in [0.25, 0.3) is 0 Å². The van der Waals surface area contributed by atoms with Gasteiger partial charge in [-0.2, -0.15) is 5.10 Å². The largest absolute Gasteiger partial charge is 0.497 e. The minimum atomic E-state index is -0.0325. The molecule has 1 aliphatic rings. The van der Waals surface area contributed by atoms with E-state index in [4.69, 9.17) is 4.74 Å². The molecule has 6 nitrogen and oxygen atoms in total. The maximum Gasteiger partial charge on any atom is 0.220 e. The van der Waals surface area contributed by atoms with Crippen LogP contribution in [0.2, 0.25) is 0 Å². The van der Waals surface area contributed by atoms with Crippen LogP contribution in [0.4, 0.5) is 0 Å². The van der Waals surface area contributed by atoms with Crippen molar-refractivity contribution in [3.8, 4) is 5.75 Å². The Morgan fingerprint density at radius 2 is 2.15 bits per heavy atom. The van der Waals surface area contributed by atoms with Crippen molar-refractivity contribution in [2.75, 3.05) is 7.11 Å². The highest BCUT2D eigenvalue weighted by atomic mass is 16.5. The summed E-state index contributed by atoms with van der Waals surface area (Å²) in [6, 6.07) is 8.65. The average Bonchev–Trinajstić information content (AvgIpc) is 3.13. The number of carbonyl (C=O) groups excluding carboxylic acids is 1. The fourth-order valence-electron chi connectivity index (χ4n) is 3.55. The smallest absolute Gasteiger partial charge is 0.220 e. The summed E-state index contributed by atoms with van der Waals surface area (Å²) < 4.78 is 7.11. The third kappa shape index (κ3) is 4.43. The minimum Gasteiger partial charge on any atom is -0.497 e. The molecule has 1 fully saturated rings. The predicted molar refractivity (Wildman–Crippen MR) is 101 cm³/mol. The van der Waals surface area contributed by atoms with Crippen LogP contribution >= 0.6 is 0 Å². The number of hydrogen-bond donors (Lipinski definition) is 2. The molecular weight excluding hydrogens is 328 g/mol. The normalized spacial score (nSPS) is 21.3. The van der Waals surface area contributed by atoms with Crippen LogP contribution in [0.25, 0.3) is 0 Å². The first kappa shape index (κ1) is 18.5. The zero-order chi connectivity index (χ0) is 18.5. The Morgan fingerprint density at radius 3 is 2.81 bits per heavy atom. The Kier molecular flexibility index (Phi) is 5.93. The monoisotopic (exact) mass is 356 g/mol. The average molecular weight is 356 g/mol. The maximum atomic E-state index is 11.9. The number of rotatable bonds is 7. The van der Waals surface area contributed by atoms with Crippen molar-refractivity contribution in [3.63, 3.8) is 0 Å². The van der Waals surface area contributed by atoms with Crippen LogP contribution in [-0.2, 0) is 17.8 Å². The Labute approximate surface area is 154 Å². The van der Waals surface area contributed by atoms with Crippen LogP contribution < -0.4 is 15.4 Å². The van der Waals surface area contributed by atoms with Gasteiger partial charge in [-0.15, -0.1) is 0 Å². The fraction of sp³-hybridized carbons (Fsp3) is 0.500. The number of hydrogen-bond acceptors (Lipinski definition) is 4.